The zero-order chi connectivity index (χ0) is 29.6. The molecule has 0 saturated heterocycles. The summed E-state index contributed by atoms with van der Waals surface area (Å²) in [7, 11) is 3.91. The van der Waals surface area contributed by atoms with Crippen LogP contribution in [0.4, 0.5) is 21.6 Å². The predicted octanol–water partition coefficient (Wildman–Crippen LogP) is 4.95. The number of benzene rings is 2. The number of hydrogen-bond donors (Lipinski definition) is 2. The van der Waals surface area contributed by atoms with Gasteiger partial charge in [0.15, 0.2) is 11.5 Å². The number of carbonyl (C=O) groups excluding carboxylic acids is 1. The second kappa shape index (κ2) is 12.5. The lowest BCUT2D eigenvalue weighted by atomic mass is 10.1. The fourth-order valence-corrected chi connectivity index (χ4v) is 4.27. The fourth-order valence-electron chi connectivity index (χ4n) is 4.27. The number of nitrogens with one attached hydrogen (secondary N) is 2. The molecule has 0 fully saturated rings. The third kappa shape index (κ3) is 6.37. The number of pyridine rings is 1. The third-order valence-electron chi connectivity index (χ3n) is 6.23. The van der Waals surface area contributed by atoms with Crippen LogP contribution in [0.5, 0.6) is 17.2 Å². The summed E-state index contributed by atoms with van der Waals surface area (Å²) in [5, 5.41) is 9.89. The van der Waals surface area contributed by atoms with Crippen molar-refractivity contribution in [3.05, 3.63) is 66.6 Å². The molecule has 0 aliphatic carbocycles. The van der Waals surface area contributed by atoms with Crippen molar-refractivity contribution in [3.63, 3.8) is 0 Å². The molecule has 3 aromatic heterocycles. The maximum Gasteiger partial charge on any atom is 0.300 e. The first-order valence-electron chi connectivity index (χ1n) is 13.2. The first kappa shape index (κ1) is 28.3. The topological polar surface area (TPSA) is 119 Å². The Kier molecular flexibility index (Phi) is 8.40. The second-order valence-electron chi connectivity index (χ2n) is 9.65. The van der Waals surface area contributed by atoms with E-state index in [0.717, 1.165) is 12.1 Å². The first-order chi connectivity index (χ1) is 20.3. The molecule has 0 spiro atoms. The van der Waals surface area contributed by atoms with E-state index >= 15 is 4.39 Å². The molecule has 1 amide bonds. The normalized spacial score (nSPS) is 10.9. The van der Waals surface area contributed by atoms with E-state index in [1.165, 1.54) is 19.6 Å². The van der Waals surface area contributed by atoms with Crippen molar-refractivity contribution >= 4 is 39.6 Å². The van der Waals surface area contributed by atoms with Crippen LogP contribution < -0.4 is 20.1 Å². The highest BCUT2D eigenvalue weighted by molar-refractivity contribution is 6.07. The Bertz CT molecular complexity index is 1830. The Morgan fingerprint density at radius 1 is 1.10 bits per heavy atom. The van der Waals surface area contributed by atoms with E-state index < -0.39 is 11.7 Å². The summed E-state index contributed by atoms with van der Waals surface area (Å²) in [4.78, 5) is 27.1. The zero-order valence-electron chi connectivity index (χ0n) is 23.6. The van der Waals surface area contributed by atoms with Crippen LogP contribution in [0.2, 0.25) is 0 Å². The maximum atomic E-state index is 16.1. The van der Waals surface area contributed by atoms with Gasteiger partial charge in [-0.1, -0.05) is 5.92 Å². The van der Waals surface area contributed by atoms with E-state index in [0.29, 0.717) is 41.4 Å². The van der Waals surface area contributed by atoms with E-state index in [1.807, 2.05) is 32.0 Å². The average Bonchev–Trinajstić information content (AvgIpc) is 3.42. The van der Waals surface area contributed by atoms with Crippen molar-refractivity contribution in [1.29, 1.82) is 0 Å². The Balaban J connectivity index is 1.43. The first-order valence-corrected chi connectivity index (χ1v) is 13.2. The van der Waals surface area contributed by atoms with Crippen LogP contribution in [0.15, 0.2) is 55.2 Å². The zero-order valence-corrected chi connectivity index (χ0v) is 23.6. The molecule has 0 aliphatic rings. The largest absolute Gasteiger partial charge is 0.491 e. The minimum Gasteiger partial charge on any atom is -0.491 e. The molecule has 2 aromatic carbocycles. The number of anilines is 3. The molecule has 0 saturated carbocycles. The molecule has 0 radical (unpaired) electrons. The van der Waals surface area contributed by atoms with Crippen LogP contribution in [0.1, 0.15) is 18.9 Å². The van der Waals surface area contributed by atoms with Crippen molar-refractivity contribution < 1.29 is 18.7 Å². The molecule has 0 unspecified atom stereocenters. The molecule has 3 heterocycles. The molecule has 0 atom stereocenters. The van der Waals surface area contributed by atoms with Crippen molar-refractivity contribution in [2.45, 2.75) is 20.3 Å². The van der Waals surface area contributed by atoms with Crippen LogP contribution in [0, 0.1) is 24.6 Å². The standard InChI is InChI=1S/C30H29FN8O3/c1-5-7-26(40)37-29-24(41-13-6-11-38(3)4)16-22-27(28(29)31)30(34-17-32-22)36-20-8-9-23(19(2)14-20)42-21-10-12-39-25(15-21)33-18-35-39/h8-10,12,14-18H,6,11,13H2,1-4H3,(H,37,40)(H,32,34,36). The molecule has 11 nitrogen and oxygen atoms in total. The molecule has 42 heavy (non-hydrogen) atoms. The van der Waals surface area contributed by atoms with E-state index in [9.17, 15) is 4.79 Å². The summed E-state index contributed by atoms with van der Waals surface area (Å²) in [6, 6.07) is 10.6. The van der Waals surface area contributed by atoms with Crippen LogP contribution in [-0.4, -0.2) is 62.6 Å². The Labute approximate surface area is 241 Å². The highest BCUT2D eigenvalue weighted by Gasteiger charge is 2.21. The summed E-state index contributed by atoms with van der Waals surface area (Å²) in [6.07, 6.45) is 5.29. The van der Waals surface area contributed by atoms with Gasteiger partial charge >= 0.3 is 0 Å². The molecule has 0 bridgehead atoms. The molecule has 214 valence electrons. The molecule has 5 rings (SSSR count). The third-order valence-corrected chi connectivity index (χ3v) is 6.23. The van der Waals surface area contributed by atoms with Crippen LogP contribution >= 0.6 is 0 Å². The molecule has 5 aromatic rings. The molecular formula is C30H29FN8O3. The summed E-state index contributed by atoms with van der Waals surface area (Å²) in [5.41, 5.74) is 2.34. The Morgan fingerprint density at radius 2 is 1.95 bits per heavy atom. The van der Waals surface area contributed by atoms with Gasteiger partial charge in [-0.3, -0.25) is 4.79 Å². The van der Waals surface area contributed by atoms with Crippen LogP contribution in [-0.2, 0) is 4.79 Å². The van der Waals surface area contributed by atoms with Gasteiger partial charge in [-0.15, -0.1) is 0 Å². The van der Waals surface area contributed by atoms with E-state index in [4.69, 9.17) is 9.47 Å². The van der Waals surface area contributed by atoms with Gasteiger partial charge in [-0.05, 0) is 70.1 Å². The van der Waals surface area contributed by atoms with Crippen LogP contribution in [0.25, 0.3) is 16.6 Å². The van der Waals surface area contributed by atoms with E-state index in [1.54, 1.807) is 41.0 Å². The lowest BCUT2D eigenvalue weighted by Gasteiger charge is -2.17. The minimum absolute atomic E-state index is 0.0949. The summed E-state index contributed by atoms with van der Waals surface area (Å²) in [5.74, 6) is 5.14. The van der Waals surface area contributed by atoms with E-state index in [-0.39, 0.29) is 22.6 Å². The van der Waals surface area contributed by atoms with Gasteiger partial charge in [0, 0.05) is 30.6 Å². The number of aryl methyl sites for hydroxylation is 1. The molecule has 2 N–H and O–H groups in total. The van der Waals surface area contributed by atoms with Gasteiger partial charge < -0.3 is 25.0 Å². The number of ether oxygens (including phenoxy) is 2. The fraction of sp³-hybridized carbons (Fsp3) is 0.233. The number of rotatable bonds is 10. The van der Waals surface area contributed by atoms with Gasteiger partial charge in [0.05, 0.1) is 17.5 Å². The van der Waals surface area contributed by atoms with Crippen molar-refractivity contribution in [2.75, 3.05) is 37.9 Å². The van der Waals surface area contributed by atoms with Gasteiger partial charge in [0.25, 0.3) is 5.91 Å². The molecule has 0 aliphatic heterocycles. The Hall–Kier alpha value is -5.28. The lowest BCUT2D eigenvalue weighted by Crippen LogP contribution is -2.16. The monoisotopic (exact) mass is 568 g/mol. The Morgan fingerprint density at radius 3 is 2.74 bits per heavy atom. The van der Waals surface area contributed by atoms with E-state index in [2.05, 4.69) is 42.5 Å². The van der Waals surface area contributed by atoms with Gasteiger partial charge in [0.1, 0.15) is 41.4 Å². The van der Waals surface area contributed by atoms with Gasteiger partial charge in [-0.2, -0.15) is 5.10 Å². The number of fused-ring (bicyclic) bond motifs is 2. The van der Waals surface area contributed by atoms with Gasteiger partial charge in [0.2, 0.25) is 0 Å². The summed E-state index contributed by atoms with van der Waals surface area (Å²) in [6.45, 7) is 4.54. The smallest absolute Gasteiger partial charge is 0.300 e. The minimum atomic E-state index is -0.731. The average molecular weight is 569 g/mol. The van der Waals surface area contributed by atoms with Gasteiger partial charge in [-0.25, -0.2) is 23.9 Å². The number of aromatic nitrogens is 5. The van der Waals surface area contributed by atoms with Crippen molar-refractivity contribution in [1.82, 2.24) is 29.5 Å². The highest BCUT2D eigenvalue weighted by Crippen LogP contribution is 2.37. The van der Waals surface area contributed by atoms with Crippen molar-refractivity contribution in [2.24, 2.45) is 0 Å². The lowest BCUT2D eigenvalue weighted by molar-refractivity contribution is -0.111. The number of amides is 1. The SMILES string of the molecule is CC#CC(=O)Nc1c(OCCCN(C)C)cc2ncnc(Nc3ccc(Oc4ccn5ncnc5c4)c(C)c3)c2c1F. The number of hydrogen-bond acceptors (Lipinski definition) is 9. The highest BCUT2D eigenvalue weighted by atomic mass is 19.1. The number of halogens is 1. The molecular weight excluding hydrogens is 539 g/mol. The summed E-state index contributed by atoms with van der Waals surface area (Å²) >= 11 is 0. The summed E-state index contributed by atoms with van der Waals surface area (Å²) < 4.78 is 29.7. The van der Waals surface area contributed by atoms with Crippen LogP contribution in [0.3, 0.4) is 0 Å². The number of carbonyl (C=O) groups is 1. The quantitative estimate of drug-likeness (QED) is 0.178. The number of nitrogens with zero attached hydrogens (tertiary/aromatic N) is 6. The van der Waals surface area contributed by atoms with Crippen molar-refractivity contribution in [3.8, 4) is 29.1 Å². The second-order valence-corrected chi connectivity index (χ2v) is 9.65. The maximum absolute atomic E-state index is 16.1. The predicted molar refractivity (Wildman–Crippen MR) is 158 cm³/mol. The molecule has 12 heteroatoms.